The second-order valence-electron chi connectivity index (χ2n) is 6.61. The molecule has 0 atom stereocenters. The van der Waals surface area contributed by atoms with Crippen LogP contribution in [0.4, 0.5) is 11.5 Å². The first-order chi connectivity index (χ1) is 10.1. The highest BCUT2D eigenvalue weighted by atomic mass is 15.2. The maximum Gasteiger partial charge on any atom is 0.132 e. The summed E-state index contributed by atoms with van der Waals surface area (Å²) in [7, 11) is 0. The van der Waals surface area contributed by atoms with Gasteiger partial charge in [-0.1, -0.05) is 45.0 Å². The lowest BCUT2D eigenvalue weighted by molar-refractivity contribution is 0.587. The topological polar surface area (TPSA) is 28.2 Å². The lowest BCUT2D eigenvalue weighted by Crippen LogP contribution is -2.25. The van der Waals surface area contributed by atoms with Crippen molar-refractivity contribution in [3.8, 4) is 0 Å². The summed E-state index contributed by atoms with van der Waals surface area (Å²) in [6, 6.07) is 12.9. The van der Waals surface area contributed by atoms with Crippen LogP contribution in [0.25, 0.3) is 0 Å². The second-order valence-corrected chi connectivity index (χ2v) is 6.61. The van der Waals surface area contributed by atoms with Crippen molar-refractivity contribution < 1.29 is 0 Å². The summed E-state index contributed by atoms with van der Waals surface area (Å²) in [5.41, 5.74) is 4.01. The van der Waals surface area contributed by atoms with Gasteiger partial charge in [0.2, 0.25) is 0 Å². The van der Waals surface area contributed by atoms with Crippen molar-refractivity contribution in [2.75, 3.05) is 18.0 Å². The third kappa shape index (κ3) is 2.93. The van der Waals surface area contributed by atoms with Crippen molar-refractivity contribution >= 4 is 11.5 Å². The molecule has 0 saturated heterocycles. The average molecular weight is 281 g/mol. The van der Waals surface area contributed by atoms with Gasteiger partial charge in [-0.15, -0.1) is 0 Å². The van der Waals surface area contributed by atoms with Crippen molar-refractivity contribution in [3.05, 3.63) is 53.7 Å². The predicted octanol–water partition coefficient (Wildman–Crippen LogP) is 3.62. The molecule has 21 heavy (non-hydrogen) atoms. The van der Waals surface area contributed by atoms with E-state index < -0.39 is 0 Å². The molecule has 0 radical (unpaired) electrons. The zero-order valence-electron chi connectivity index (χ0n) is 13.1. The van der Waals surface area contributed by atoms with Gasteiger partial charge in [-0.2, -0.15) is 0 Å². The zero-order chi connectivity index (χ0) is 14.9. The molecule has 1 N–H and O–H groups in total. The standard InChI is InChI=1S/C18H23N3/c1-18(2,3)15-8-9-17(20-13-15)21-11-10-19-12-14-6-4-5-7-16(14)21/h4-9,13,19H,10-12H2,1-3H3. The SMILES string of the molecule is CC(C)(C)c1ccc(N2CCNCc3ccccc32)nc1. The first-order valence-electron chi connectivity index (χ1n) is 7.58. The van der Waals surface area contributed by atoms with E-state index in [2.05, 4.69) is 67.4 Å². The van der Waals surface area contributed by atoms with Crippen molar-refractivity contribution in [1.29, 1.82) is 0 Å². The van der Waals surface area contributed by atoms with E-state index in [4.69, 9.17) is 4.98 Å². The van der Waals surface area contributed by atoms with E-state index in [9.17, 15) is 0 Å². The first kappa shape index (κ1) is 14.1. The Bertz CT molecular complexity index is 611. The van der Waals surface area contributed by atoms with E-state index in [1.807, 2.05) is 6.20 Å². The number of para-hydroxylation sites is 1. The van der Waals surface area contributed by atoms with Crippen LogP contribution in [0, 0.1) is 0 Å². The number of hydrogen-bond acceptors (Lipinski definition) is 3. The van der Waals surface area contributed by atoms with Crippen LogP contribution < -0.4 is 10.2 Å². The molecule has 1 aromatic heterocycles. The molecule has 3 rings (SSSR count). The van der Waals surface area contributed by atoms with Gasteiger partial charge in [0.15, 0.2) is 0 Å². The normalized spacial score (nSPS) is 15.5. The summed E-state index contributed by atoms with van der Waals surface area (Å²) in [5, 5.41) is 3.47. The van der Waals surface area contributed by atoms with E-state index in [0.717, 1.165) is 25.5 Å². The van der Waals surface area contributed by atoms with Crippen molar-refractivity contribution in [3.63, 3.8) is 0 Å². The molecule has 0 fully saturated rings. The molecule has 1 aromatic carbocycles. The molecule has 0 bridgehead atoms. The molecule has 1 aliphatic rings. The quantitative estimate of drug-likeness (QED) is 0.865. The van der Waals surface area contributed by atoms with Gasteiger partial charge in [0, 0.05) is 31.5 Å². The largest absolute Gasteiger partial charge is 0.325 e. The number of pyridine rings is 1. The lowest BCUT2D eigenvalue weighted by Gasteiger charge is -2.25. The van der Waals surface area contributed by atoms with Gasteiger partial charge >= 0.3 is 0 Å². The molecule has 0 spiro atoms. The van der Waals surface area contributed by atoms with Crippen LogP contribution in [-0.4, -0.2) is 18.1 Å². The van der Waals surface area contributed by atoms with Crippen LogP contribution in [0.3, 0.4) is 0 Å². The molecule has 110 valence electrons. The molecule has 3 heteroatoms. The summed E-state index contributed by atoms with van der Waals surface area (Å²) in [5.74, 6) is 1.03. The van der Waals surface area contributed by atoms with Gasteiger partial charge in [0.25, 0.3) is 0 Å². The third-order valence-corrected chi connectivity index (χ3v) is 4.00. The monoisotopic (exact) mass is 281 g/mol. The summed E-state index contributed by atoms with van der Waals surface area (Å²) in [6.07, 6.45) is 2.01. The minimum atomic E-state index is 0.143. The minimum Gasteiger partial charge on any atom is -0.325 e. The van der Waals surface area contributed by atoms with Gasteiger partial charge < -0.3 is 10.2 Å². The molecular weight excluding hydrogens is 258 g/mol. The maximum atomic E-state index is 4.71. The van der Waals surface area contributed by atoms with Gasteiger partial charge in [-0.25, -0.2) is 4.98 Å². The van der Waals surface area contributed by atoms with E-state index >= 15 is 0 Å². The summed E-state index contributed by atoms with van der Waals surface area (Å²) in [6.45, 7) is 9.49. The Morgan fingerprint density at radius 3 is 2.62 bits per heavy atom. The zero-order valence-corrected chi connectivity index (χ0v) is 13.1. The van der Waals surface area contributed by atoms with Gasteiger partial charge in [0.05, 0.1) is 0 Å². The van der Waals surface area contributed by atoms with Crippen LogP contribution in [0.1, 0.15) is 31.9 Å². The third-order valence-electron chi connectivity index (χ3n) is 4.00. The van der Waals surface area contributed by atoms with Gasteiger partial charge in [-0.3, -0.25) is 0 Å². The molecule has 0 amide bonds. The van der Waals surface area contributed by atoms with Crippen LogP contribution >= 0.6 is 0 Å². The molecule has 0 unspecified atom stereocenters. The highest BCUT2D eigenvalue weighted by molar-refractivity contribution is 5.64. The van der Waals surface area contributed by atoms with Crippen LogP contribution in [0.2, 0.25) is 0 Å². The Balaban J connectivity index is 1.96. The lowest BCUT2D eigenvalue weighted by atomic mass is 9.88. The summed E-state index contributed by atoms with van der Waals surface area (Å²) >= 11 is 0. The Hall–Kier alpha value is -1.87. The van der Waals surface area contributed by atoms with Crippen LogP contribution in [0.5, 0.6) is 0 Å². The minimum absolute atomic E-state index is 0.143. The number of anilines is 2. The van der Waals surface area contributed by atoms with E-state index in [1.54, 1.807) is 0 Å². The molecule has 1 aliphatic heterocycles. The van der Waals surface area contributed by atoms with E-state index in [0.29, 0.717) is 0 Å². The second kappa shape index (κ2) is 5.49. The molecule has 3 nitrogen and oxygen atoms in total. The number of hydrogen-bond donors (Lipinski definition) is 1. The average Bonchev–Trinajstić information content (AvgIpc) is 2.69. The van der Waals surface area contributed by atoms with Crippen molar-refractivity contribution in [1.82, 2.24) is 10.3 Å². The van der Waals surface area contributed by atoms with Crippen LogP contribution in [0.15, 0.2) is 42.6 Å². The number of nitrogens with one attached hydrogen (secondary N) is 1. The fraction of sp³-hybridized carbons (Fsp3) is 0.389. The highest BCUT2D eigenvalue weighted by Gasteiger charge is 2.18. The maximum absolute atomic E-state index is 4.71. The van der Waals surface area contributed by atoms with E-state index in [1.165, 1.54) is 16.8 Å². The number of benzene rings is 1. The Morgan fingerprint density at radius 2 is 1.90 bits per heavy atom. The fourth-order valence-corrected chi connectivity index (χ4v) is 2.69. The Labute approximate surface area is 127 Å². The Kier molecular flexibility index (Phi) is 3.68. The summed E-state index contributed by atoms with van der Waals surface area (Å²) < 4.78 is 0. The van der Waals surface area contributed by atoms with E-state index in [-0.39, 0.29) is 5.41 Å². The number of nitrogens with zero attached hydrogens (tertiary/aromatic N) is 2. The van der Waals surface area contributed by atoms with Crippen molar-refractivity contribution in [2.24, 2.45) is 0 Å². The van der Waals surface area contributed by atoms with Crippen LogP contribution in [-0.2, 0) is 12.0 Å². The highest BCUT2D eigenvalue weighted by Crippen LogP contribution is 2.30. The first-order valence-corrected chi connectivity index (χ1v) is 7.58. The molecular formula is C18H23N3. The number of rotatable bonds is 1. The van der Waals surface area contributed by atoms with Gasteiger partial charge in [0.1, 0.15) is 5.82 Å². The predicted molar refractivity (Wildman–Crippen MR) is 88.1 cm³/mol. The molecule has 2 heterocycles. The Morgan fingerprint density at radius 1 is 1.10 bits per heavy atom. The molecule has 0 aliphatic carbocycles. The van der Waals surface area contributed by atoms with Gasteiger partial charge in [-0.05, 0) is 28.7 Å². The smallest absolute Gasteiger partial charge is 0.132 e. The van der Waals surface area contributed by atoms with Crippen molar-refractivity contribution in [2.45, 2.75) is 32.7 Å². The number of aromatic nitrogens is 1. The summed E-state index contributed by atoms with van der Waals surface area (Å²) in [4.78, 5) is 7.01. The fourth-order valence-electron chi connectivity index (χ4n) is 2.69. The molecule has 0 saturated carbocycles. The molecule has 2 aromatic rings. The number of fused-ring (bicyclic) bond motifs is 1.